The number of ketones is 1. The molecule has 3 aromatic rings. The van der Waals surface area contributed by atoms with Crippen molar-refractivity contribution < 1.29 is 33.0 Å². The van der Waals surface area contributed by atoms with E-state index < -0.39 is 40.8 Å². The second-order valence-corrected chi connectivity index (χ2v) is 7.12. The van der Waals surface area contributed by atoms with E-state index in [1.54, 1.807) is 18.2 Å². The van der Waals surface area contributed by atoms with Gasteiger partial charge in [0.15, 0.2) is 11.5 Å². The third kappa shape index (κ3) is 3.06. The maximum Gasteiger partial charge on any atom is 0.300 e. The smallest absolute Gasteiger partial charge is 0.300 e. The van der Waals surface area contributed by atoms with Gasteiger partial charge in [0.05, 0.1) is 17.3 Å². The van der Waals surface area contributed by atoms with Crippen molar-refractivity contribution in [2.75, 3.05) is 11.7 Å². The Hall–Kier alpha value is -4.27. The third-order valence-corrected chi connectivity index (χ3v) is 5.26. The molecule has 1 amide bonds. The van der Waals surface area contributed by atoms with Gasteiger partial charge >= 0.3 is 0 Å². The lowest BCUT2D eigenvalue weighted by molar-refractivity contribution is -0.132. The Balaban J connectivity index is 1.73. The number of hydrogen-bond acceptors (Lipinski definition) is 6. The van der Waals surface area contributed by atoms with Crippen LogP contribution in [0.5, 0.6) is 11.5 Å². The summed E-state index contributed by atoms with van der Waals surface area (Å²) in [6.45, 7) is 0.0124. The number of aliphatic hydroxyl groups is 1. The van der Waals surface area contributed by atoms with Crippen LogP contribution in [0.3, 0.4) is 0 Å². The number of carbonyl (C=O) groups excluding carboxylic acids is 2. The van der Waals surface area contributed by atoms with Crippen LogP contribution in [0.4, 0.5) is 14.5 Å². The van der Waals surface area contributed by atoms with Gasteiger partial charge in [0.2, 0.25) is 6.79 Å². The molecular weight excluding hydrogens is 422 g/mol. The van der Waals surface area contributed by atoms with Gasteiger partial charge in [-0.3, -0.25) is 19.5 Å². The average Bonchev–Trinajstić information content (AvgIpc) is 3.38. The number of benzene rings is 2. The molecule has 0 aliphatic carbocycles. The number of ether oxygens (including phenoxy) is 2. The summed E-state index contributed by atoms with van der Waals surface area (Å²) in [5, 5.41) is 11.1. The summed E-state index contributed by atoms with van der Waals surface area (Å²) in [5.41, 5.74) is -0.185. The lowest BCUT2D eigenvalue weighted by Crippen LogP contribution is -2.30. The quantitative estimate of drug-likeness (QED) is 0.383. The number of anilines is 1. The number of nitrogens with zero attached hydrogens (tertiary/aromatic N) is 2. The van der Waals surface area contributed by atoms with Crippen molar-refractivity contribution >= 4 is 23.1 Å². The molecule has 5 rings (SSSR count). The second-order valence-electron chi connectivity index (χ2n) is 7.12. The summed E-state index contributed by atoms with van der Waals surface area (Å²) in [5.74, 6) is -3.50. The van der Waals surface area contributed by atoms with Crippen molar-refractivity contribution in [3.05, 3.63) is 89.3 Å². The van der Waals surface area contributed by atoms with E-state index in [0.29, 0.717) is 17.1 Å². The van der Waals surface area contributed by atoms with Gasteiger partial charge in [-0.25, -0.2) is 8.78 Å². The fourth-order valence-electron chi connectivity index (χ4n) is 3.80. The van der Waals surface area contributed by atoms with Crippen molar-refractivity contribution in [2.24, 2.45) is 0 Å². The summed E-state index contributed by atoms with van der Waals surface area (Å²) in [6, 6.07) is 9.02. The molecule has 0 saturated carbocycles. The SMILES string of the molecule is O=C1C(=O)N(c2cc(F)ccc2F)C(c2cccnc2)/C1=C(/O)c1ccc2c(c1)OCO2. The molecular formula is C23H14F2N2O5. The summed E-state index contributed by atoms with van der Waals surface area (Å²) >= 11 is 0. The Bertz CT molecular complexity index is 1290. The van der Waals surface area contributed by atoms with E-state index in [2.05, 4.69) is 4.98 Å². The highest BCUT2D eigenvalue weighted by molar-refractivity contribution is 6.51. The summed E-state index contributed by atoms with van der Waals surface area (Å²) in [7, 11) is 0. The van der Waals surface area contributed by atoms with Gasteiger partial charge in [0.25, 0.3) is 11.7 Å². The molecule has 2 aliphatic heterocycles. The first-order chi connectivity index (χ1) is 15.5. The minimum Gasteiger partial charge on any atom is -0.507 e. The van der Waals surface area contributed by atoms with E-state index in [-0.39, 0.29) is 17.9 Å². The Labute approximate surface area is 180 Å². The molecule has 2 aliphatic rings. The summed E-state index contributed by atoms with van der Waals surface area (Å²) in [4.78, 5) is 30.8. The number of pyridine rings is 1. The van der Waals surface area contributed by atoms with Crippen LogP contribution in [0.2, 0.25) is 0 Å². The molecule has 3 heterocycles. The summed E-state index contributed by atoms with van der Waals surface area (Å²) < 4.78 is 39.1. The molecule has 0 bridgehead atoms. The first-order valence-corrected chi connectivity index (χ1v) is 9.51. The highest BCUT2D eigenvalue weighted by atomic mass is 19.1. The predicted octanol–water partition coefficient (Wildman–Crippen LogP) is 3.71. The van der Waals surface area contributed by atoms with Crippen LogP contribution in [-0.4, -0.2) is 28.6 Å². The van der Waals surface area contributed by atoms with Gasteiger partial charge in [-0.2, -0.15) is 0 Å². The molecule has 2 aromatic carbocycles. The first-order valence-electron chi connectivity index (χ1n) is 9.51. The number of carbonyl (C=O) groups is 2. The van der Waals surface area contributed by atoms with Crippen LogP contribution in [0.15, 0.2) is 66.5 Å². The molecule has 1 fully saturated rings. The molecule has 1 unspecified atom stereocenters. The van der Waals surface area contributed by atoms with Gasteiger partial charge in [0.1, 0.15) is 17.4 Å². The number of aromatic nitrogens is 1. The predicted molar refractivity (Wildman–Crippen MR) is 108 cm³/mol. The molecule has 9 heteroatoms. The molecule has 7 nitrogen and oxygen atoms in total. The highest BCUT2D eigenvalue weighted by Crippen LogP contribution is 2.44. The zero-order chi connectivity index (χ0) is 22.4. The number of amides is 1. The first kappa shape index (κ1) is 19.7. The van der Waals surface area contributed by atoms with Crippen molar-refractivity contribution in [1.29, 1.82) is 0 Å². The molecule has 1 aromatic heterocycles. The lowest BCUT2D eigenvalue weighted by atomic mass is 9.96. The summed E-state index contributed by atoms with van der Waals surface area (Å²) in [6.07, 6.45) is 2.87. The van der Waals surface area contributed by atoms with Gasteiger partial charge in [-0.1, -0.05) is 6.07 Å². The minimum atomic E-state index is -1.23. The Morgan fingerprint density at radius 3 is 2.66 bits per heavy atom. The van der Waals surface area contributed by atoms with Gasteiger partial charge in [-0.05, 0) is 42.0 Å². The normalized spacial score (nSPS) is 18.9. The van der Waals surface area contributed by atoms with Gasteiger partial charge in [0, 0.05) is 24.0 Å². The second kappa shape index (κ2) is 7.45. The largest absolute Gasteiger partial charge is 0.507 e. The van der Waals surface area contributed by atoms with Crippen LogP contribution >= 0.6 is 0 Å². The third-order valence-electron chi connectivity index (χ3n) is 5.26. The molecule has 0 spiro atoms. The Kier molecular flexibility index (Phi) is 4.58. The monoisotopic (exact) mass is 436 g/mol. The van der Waals surface area contributed by atoms with Crippen LogP contribution < -0.4 is 14.4 Å². The molecule has 1 N–H and O–H groups in total. The van der Waals surface area contributed by atoms with Crippen LogP contribution in [0, 0.1) is 11.6 Å². The van der Waals surface area contributed by atoms with Crippen LogP contribution in [0.25, 0.3) is 5.76 Å². The van der Waals surface area contributed by atoms with E-state index in [9.17, 15) is 23.5 Å². The average molecular weight is 436 g/mol. The van der Waals surface area contributed by atoms with E-state index in [1.165, 1.54) is 24.5 Å². The van der Waals surface area contributed by atoms with Gasteiger partial charge in [-0.15, -0.1) is 0 Å². The Morgan fingerprint density at radius 2 is 1.88 bits per heavy atom. The van der Waals surface area contributed by atoms with Crippen LogP contribution in [-0.2, 0) is 9.59 Å². The van der Waals surface area contributed by atoms with E-state index in [0.717, 1.165) is 23.1 Å². The fraction of sp³-hybridized carbons (Fsp3) is 0.0870. The van der Waals surface area contributed by atoms with Gasteiger partial charge < -0.3 is 14.6 Å². The van der Waals surface area contributed by atoms with E-state index >= 15 is 0 Å². The number of Topliss-reactive ketones (excluding diaryl/α,β-unsaturated/α-hetero) is 1. The molecule has 1 atom stereocenters. The van der Waals surface area contributed by atoms with Crippen molar-refractivity contribution in [3.63, 3.8) is 0 Å². The fourth-order valence-corrected chi connectivity index (χ4v) is 3.80. The standard InChI is InChI=1S/C23H14F2N2O5/c24-14-4-5-15(25)16(9-14)27-20(13-2-1-7-26-10-13)19(22(29)23(27)30)21(28)12-3-6-17-18(8-12)32-11-31-17/h1-10,20,28H,11H2/b21-19-. The zero-order valence-corrected chi connectivity index (χ0v) is 16.3. The number of hydrogen-bond donors (Lipinski definition) is 1. The van der Waals surface area contributed by atoms with Crippen LogP contribution in [0.1, 0.15) is 17.2 Å². The highest BCUT2D eigenvalue weighted by Gasteiger charge is 2.48. The maximum absolute atomic E-state index is 14.6. The molecule has 32 heavy (non-hydrogen) atoms. The maximum atomic E-state index is 14.6. The van der Waals surface area contributed by atoms with Crippen molar-refractivity contribution in [3.8, 4) is 11.5 Å². The number of aliphatic hydroxyl groups excluding tert-OH is 1. The minimum absolute atomic E-state index is 0.0124. The number of halogens is 2. The number of fused-ring (bicyclic) bond motifs is 1. The lowest BCUT2D eigenvalue weighted by Gasteiger charge is -2.25. The molecule has 0 radical (unpaired) electrons. The van der Waals surface area contributed by atoms with Crippen molar-refractivity contribution in [2.45, 2.75) is 6.04 Å². The Morgan fingerprint density at radius 1 is 1.06 bits per heavy atom. The van der Waals surface area contributed by atoms with E-state index in [4.69, 9.17) is 9.47 Å². The topological polar surface area (TPSA) is 89.0 Å². The molecule has 160 valence electrons. The number of rotatable bonds is 3. The molecule has 1 saturated heterocycles. The van der Waals surface area contributed by atoms with Crippen molar-refractivity contribution in [1.82, 2.24) is 4.98 Å². The van der Waals surface area contributed by atoms with E-state index in [1.807, 2.05) is 0 Å². The zero-order valence-electron chi connectivity index (χ0n) is 16.3.